The highest BCUT2D eigenvalue weighted by atomic mass is 79.9. The lowest BCUT2D eigenvalue weighted by Gasteiger charge is -2.11. The van der Waals surface area contributed by atoms with E-state index in [0.717, 1.165) is 0 Å². The van der Waals surface area contributed by atoms with Crippen molar-refractivity contribution in [3.05, 3.63) is 12.7 Å². The number of aromatic nitrogens is 3. The Hall–Kier alpha value is -1.04. The van der Waals surface area contributed by atoms with Gasteiger partial charge in [0.25, 0.3) is 0 Å². The molecule has 1 aromatic rings. The minimum atomic E-state index is 0.0491. The van der Waals surface area contributed by atoms with E-state index in [1.54, 1.807) is 4.90 Å². The smallest absolute Gasteiger partial charge is 0.235 e. The average molecular weight is 243 g/mol. The predicted molar refractivity (Wildman–Crippen MR) is 49.5 cm³/mol. The molecule has 1 aromatic heterocycles. The van der Waals surface area contributed by atoms with Gasteiger partial charge < -0.3 is 0 Å². The van der Waals surface area contributed by atoms with Crippen molar-refractivity contribution in [1.82, 2.24) is 15.0 Å². The molecule has 2 heterocycles. The fourth-order valence-corrected chi connectivity index (χ4v) is 1.80. The zero-order chi connectivity index (χ0) is 9.26. The van der Waals surface area contributed by atoms with Crippen molar-refractivity contribution in [2.75, 3.05) is 11.4 Å². The molecule has 1 saturated heterocycles. The lowest BCUT2D eigenvalue weighted by Crippen LogP contribution is -2.26. The Balaban J connectivity index is 2.23. The molecule has 13 heavy (non-hydrogen) atoms. The number of hydrogen-bond donors (Lipinski definition) is 0. The summed E-state index contributed by atoms with van der Waals surface area (Å²) in [6, 6.07) is 0. The number of amides is 1. The fourth-order valence-electron chi connectivity index (χ4n) is 1.23. The molecule has 0 bridgehead atoms. The maximum atomic E-state index is 11.4. The van der Waals surface area contributed by atoms with Crippen LogP contribution in [0.15, 0.2) is 12.7 Å². The molecule has 0 spiro atoms. The lowest BCUT2D eigenvalue weighted by atomic mass is 10.4. The van der Waals surface area contributed by atoms with Gasteiger partial charge in [0, 0.05) is 17.8 Å². The summed E-state index contributed by atoms with van der Waals surface area (Å²) in [5.74, 6) is 0.482. The Morgan fingerprint density at radius 1 is 1.46 bits per heavy atom. The summed E-state index contributed by atoms with van der Waals surface area (Å²) >= 11 is 3.38. The van der Waals surface area contributed by atoms with Gasteiger partial charge in [-0.2, -0.15) is 0 Å². The van der Waals surface area contributed by atoms with Crippen LogP contribution in [0.3, 0.4) is 0 Å². The Bertz CT molecular complexity index is 318. The molecule has 1 aliphatic heterocycles. The second-order valence-electron chi connectivity index (χ2n) is 2.74. The summed E-state index contributed by atoms with van der Waals surface area (Å²) in [6.07, 6.45) is 3.28. The largest absolute Gasteiger partial charge is 0.279 e. The SMILES string of the molecule is O=C1CC(Br)CN1c1ncncn1. The fraction of sp³-hybridized carbons (Fsp3) is 0.429. The monoisotopic (exact) mass is 242 g/mol. The van der Waals surface area contributed by atoms with Crippen molar-refractivity contribution in [2.45, 2.75) is 11.2 Å². The Morgan fingerprint density at radius 3 is 2.69 bits per heavy atom. The van der Waals surface area contributed by atoms with E-state index in [1.165, 1.54) is 12.7 Å². The van der Waals surface area contributed by atoms with Crippen molar-refractivity contribution in [1.29, 1.82) is 0 Å². The Morgan fingerprint density at radius 2 is 2.15 bits per heavy atom. The van der Waals surface area contributed by atoms with E-state index in [1.807, 2.05) is 0 Å². The molecule has 1 fully saturated rings. The summed E-state index contributed by atoms with van der Waals surface area (Å²) in [4.78, 5) is 24.6. The van der Waals surface area contributed by atoms with E-state index >= 15 is 0 Å². The minimum absolute atomic E-state index is 0.0491. The number of alkyl halides is 1. The molecule has 5 nitrogen and oxygen atoms in total. The van der Waals surface area contributed by atoms with Gasteiger partial charge in [-0.1, -0.05) is 15.9 Å². The van der Waals surface area contributed by atoms with Gasteiger partial charge in [-0.05, 0) is 0 Å². The van der Waals surface area contributed by atoms with Crippen molar-refractivity contribution >= 4 is 27.8 Å². The second kappa shape index (κ2) is 3.37. The van der Waals surface area contributed by atoms with E-state index in [0.29, 0.717) is 18.9 Å². The highest BCUT2D eigenvalue weighted by Crippen LogP contribution is 2.21. The third-order valence-corrected chi connectivity index (χ3v) is 2.41. The molecule has 0 radical (unpaired) electrons. The molecule has 1 aliphatic rings. The molecule has 0 aliphatic carbocycles. The first-order valence-electron chi connectivity index (χ1n) is 3.84. The van der Waals surface area contributed by atoms with Crippen molar-refractivity contribution in [2.24, 2.45) is 0 Å². The summed E-state index contributed by atoms with van der Waals surface area (Å²) < 4.78 is 0. The first-order chi connectivity index (χ1) is 6.27. The number of carbonyl (C=O) groups excluding carboxylic acids is 1. The normalized spacial score (nSPS) is 22.4. The summed E-state index contributed by atoms with van der Waals surface area (Å²) in [7, 11) is 0. The second-order valence-corrected chi connectivity index (χ2v) is 4.04. The van der Waals surface area contributed by atoms with E-state index in [9.17, 15) is 4.79 Å². The van der Waals surface area contributed by atoms with E-state index < -0.39 is 0 Å². The molecule has 68 valence electrons. The average Bonchev–Trinajstić information content (AvgIpc) is 2.47. The van der Waals surface area contributed by atoms with E-state index in [-0.39, 0.29) is 10.7 Å². The van der Waals surface area contributed by atoms with Crippen LogP contribution in [-0.4, -0.2) is 32.2 Å². The molecule has 2 rings (SSSR count). The number of anilines is 1. The third kappa shape index (κ3) is 1.67. The number of nitrogens with zero attached hydrogens (tertiary/aromatic N) is 4. The predicted octanol–water partition coefficient (Wildman–Crippen LogP) is 0.372. The number of hydrogen-bond acceptors (Lipinski definition) is 4. The Kier molecular flexibility index (Phi) is 2.22. The van der Waals surface area contributed by atoms with Crippen molar-refractivity contribution < 1.29 is 4.79 Å². The molecular formula is C7H7BrN4O. The van der Waals surface area contributed by atoms with Gasteiger partial charge in [0.1, 0.15) is 12.7 Å². The highest BCUT2D eigenvalue weighted by molar-refractivity contribution is 9.09. The summed E-state index contributed by atoms with van der Waals surface area (Å²) in [6.45, 7) is 0.628. The number of rotatable bonds is 1. The van der Waals surface area contributed by atoms with Gasteiger partial charge in [-0.25, -0.2) is 15.0 Å². The summed E-state index contributed by atoms with van der Waals surface area (Å²) in [5, 5.41) is 0. The van der Waals surface area contributed by atoms with Crippen LogP contribution in [-0.2, 0) is 4.79 Å². The van der Waals surface area contributed by atoms with E-state index in [4.69, 9.17) is 0 Å². The van der Waals surface area contributed by atoms with Crippen LogP contribution in [0.2, 0.25) is 0 Å². The van der Waals surface area contributed by atoms with Crippen LogP contribution in [0.4, 0.5) is 5.95 Å². The molecular weight excluding hydrogens is 236 g/mol. The van der Waals surface area contributed by atoms with Crippen LogP contribution < -0.4 is 4.90 Å². The third-order valence-electron chi connectivity index (χ3n) is 1.80. The number of halogens is 1. The number of carbonyl (C=O) groups is 1. The van der Waals surface area contributed by atoms with Crippen LogP contribution in [0.25, 0.3) is 0 Å². The van der Waals surface area contributed by atoms with Gasteiger partial charge in [0.05, 0.1) is 0 Å². The zero-order valence-corrected chi connectivity index (χ0v) is 8.31. The molecule has 0 aromatic carbocycles. The van der Waals surface area contributed by atoms with Gasteiger partial charge >= 0.3 is 0 Å². The van der Waals surface area contributed by atoms with Crippen LogP contribution in [0.1, 0.15) is 6.42 Å². The first-order valence-corrected chi connectivity index (χ1v) is 4.75. The van der Waals surface area contributed by atoms with Crippen LogP contribution in [0.5, 0.6) is 0 Å². The Labute approximate surface area is 83.3 Å². The lowest BCUT2D eigenvalue weighted by molar-refractivity contribution is -0.117. The highest BCUT2D eigenvalue weighted by Gasteiger charge is 2.30. The molecule has 1 atom stereocenters. The molecule has 0 saturated carbocycles. The van der Waals surface area contributed by atoms with Gasteiger partial charge in [-0.15, -0.1) is 0 Å². The zero-order valence-electron chi connectivity index (χ0n) is 6.72. The standard InChI is InChI=1S/C7H7BrN4O/c8-5-1-6(13)12(2-5)7-10-3-9-4-11-7/h3-5H,1-2H2. The van der Waals surface area contributed by atoms with Crippen molar-refractivity contribution in [3.8, 4) is 0 Å². The van der Waals surface area contributed by atoms with Crippen LogP contribution >= 0.6 is 15.9 Å². The van der Waals surface area contributed by atoms with Gasteiger partial charge in [0.2, 0.25) is 11.9 Å². The van der Waals surface area contributed by atoms with Crippen LogP contribution in [0, 0.1) is 0 Å². The molecule has 6 heteroatoms. The quantitative estimate of drug-likeness (QED) is 0.668. The summed E-state index contributed by atoms with van der Waals surface area (Å²) in [5.41, 5.74) is 0. The van der Waals surface area contributed by atoms with Crippen molar-refractivity contribution in [3.63, 3.8) is 0 Å². The molecule has 1 amide bonds. The topological polar surface area (TPSA) is 59.0 Å². The molecule has 0 N–H and O–H groups in total. The maximum absolute atomic E-state index is 11.4. The minimum Gasteiger partial charge on any atom is -0.279 e. The van der Waals surface area contributed by atoms with E-state index in [2.05, 4.69) is 30.9 Å². The molecule has 1 unspecified atom stereocenters. The van der Waals surface area contributed by atoms with Gasteiger partial charge in [0.15, 0.2) is 0 Å². The first kappa shape index (κ1) is 8.55. The maximum Gasteiger partial charge on any atom is 0.235 e. The van der Waals surface area contributed by atoms with Gasteiger partial charge in [-0.3, -0.25) is 9.69 Å².